The third-order valence-electron chi connectivity index (χ3n) is 12.8. The molecule has 0 saturated heterocycles. The number of aromatic nitrogens is 1. The van der Waals surface area contributed by atoms with Gasteiger partial charge in [-0.1, -0.05) is 146 Å². The van der Waals surface area contributed by atoms with Crippen molar-refractivity contribution in [3.8, 4) is 66.8 Å². The molecule has 1 nitrogen and oxygen atoms in total. The van der Waals surface area contributed by atoms with E-state index in [4.69, 9.17) is 0 Å². The van der Waals surface area contributed by atoms with Crippen molar-refractivity contribution < 1.29 is 0 Å². The Morgan fingerprint density at radius 2 is 0.571 bits per heavy atom. The Balaban J connectivity index is 1.00. The second kappa shape index (κ2) is 14.5. The Hall–Kier alpha value is -7.56. The standard InChI is InChI=1S/C60H37NS2/c1-5-13-37(14-6-1)41-23-27-57-51(29-41)53-35-45(39-17-9-3-10-18-39)33-47(59(53)62-57)43-21-25-55-49(31-43)50-32-44(22-26-56(50)61-55)48-34-46(40-19-11-4-12-20-40)36-54-52-30-42(38-15-7-2-8-16-38)24-28-58(52)63-60(48)54/h1-36,61H. The van der Waals surface area contributed by atoms with Crippen molar-refractivity contribution in [2.24, 2.45) is 0 Å². The molecule has 0 amide bonds. The molecule has 0 aliphatic rings. The van der Waals surface area contributed by atoms with E-state index in [1.54, 1.807) is 0 Å². The van der Waals surface area contributed by atoms with Crippen molar-refractivity contribution in [2.75, 3.05) is 0 Å². The number of aromatic amines is 1. The molecule has 0 fully saturated rings. The van der Waals surface area contributed by atoms with E-state index in [1.165, 1.54) is 118 Å². The molecule has 3 aromatic heterocycles. The predicted molar refractivity (Wildman–Crippen MR) is 274 cm³/mol. The average Bonchev–Trinajstić information content (AvgIpc) is 4.05. The quantitative estimate of drug-likeness (QED) is 0.172. The lowest BCUT2D eigenvalue weighted by molar-refractivity contribution is 1.54. The minimum absolute atomic E-state index is 1.14. The molecule has 63 heavy (non-hydrogen) atoms. The van der Waals surface area contributed by atoms with E-state index in [0.717, 1.165) is 11.0 Å². The average molecular weight is 836 g/mol. The molecule has 0 atom stereocenters. The van der Waals surface area contributed by atoms with Crippen LogP contribution in [0.2, 0.25) is 0 Å². The van der Waals surface area contributed by atoms with Gasteiger partial charge in [0.15, 0.2) is 0 Å². The van der Waals surface area contributed by atoms with Crippen molar-refractivity contribution in [2.45, 2.75) is 0 Å². The summed E-state index contributed by atoms with van der Waals surface area (Å²) in [4.78, 5) is 3.78. The molecule has 10 aromatic carbocycles. The van der Waals surface area contributed by atoms with E-state index >= 15 is 0 Å². The Morgan fingerprint density at radius 1 is 0.238 bits per heavy atom. The summed E-state index contributed by atoms with van der Waals surface area (Å²) in [5, 5.41) is 7.66. The molecule has 3 heterocycles. The van der Waals surface area contributed by atoms with Crippen molar-refractivity contribution in [3.63, 3.8) is 0 Å². The fourth-order valence-electron chi connectivity index (χ4n) is 9.63. The number of hydrogen-bond acceptors (Lipinski definition) is 2. The maximum atomic E-state index is 3.78. The highest BCUT2D eigenvalue weighted by atomic mass is 32.1. The molecular formula is C60H37NS2. The van der Waals surface area contributed by atoms with Crippen molar-refractivity contribution in [1.82, 2.24) is 4.98 Å². The van der Waals surface area contributed by atoms with Crippen LogP contribution in [0.3, 0.4) is 0 Å². The summed E-state index contributed by atoms with van der Waals surface area (Å²) >= 11 is 3.79. The first-order valence-corrected chi connectivity index (χ1v) is 23.1. The Kier molecular flexibility index (Phi) is 8.33. The summed E-state index contributed by atoms with van der Waals surface area (Å²) in [7, 11) is 0. The van der Waals surface area contributed by atoms with Gasteiger partial charge in [0.1, 0.15) is 0 Å². The minimum atomic E-state index is 1.14. The molecule has 13 aromatic rings. The highest BCUT2D eigenvalue weighted by Crippen LogP contribution is 2.47. The monoisotopic (exact) mass is 835 g/mol. The van der Waals surface area contributed by atoms with E-state index < -0.39 is 0 Å². The van der Waals surface area contributed by atoms with Gasteiger partial charge in [0.05, 0.1) is 0 Å². The number of hydrogen-bond donors (Lipinski definition) is 1. The second-order valence-corrected chi connectivity index (χ2v) is 18.6. The van der Waals surface area contributed by atoms with Crippen LogP contribution < -0.4 is 0 Å². The predicted octanol–water partition coefficient (Wildman–Crippen LogP) is 18.1. The molecule has 294 valence electrons. The molecule has 0 aliphatic heterocycles. The zero-order chi connectivity index (χ0) is 41.4. The van der Waals surface area contributed by atoms with Crippen LogP contribution in [0, 0.1) is 0 Å². The molecule has 0 bridgehead atoms. The Morgan fingerprint density at radius 3 is 0.968 bits per heavy atom. The first-order chi connectivity index (χ1) is 31.2. The van der Waals surface area contributed by atoms with Crippen LogP contribution in [-0.4, -0.2) is 4.98 Å². The van der Waals surface area contributed by atoms with Gasteiger partial charge in [0, 0.05) is 73.3 Å². The summed E-state index contributed by atoms with van der Waals surface area (Å²) in [5.41, 5.74) is 17.1. The zero-order valence-electron chi connectivity index (χ0n) is 34.1. The number of rotatable bonds is 6. The summed E-state index contributed by atoms with van der Waals surface area (Å²) in [5.74, 6) is 0. The van der Waals surface area contributed by atoms with Crippen molar-refractivity contribution in [1.29, 1.82) is 0 Å². The lowest BCUT2D eigenvalue weighted by atomic mass is 9.93. The van der Waals surface area contributed by atoms with E-state index in [2.05, 4.69) is 223 Å². The van der Waals surface area contributed by atoms with Crippen LogP contribution in [0.15, 0.2) is 218 Å². The third kappa shape index (κ3) is 6.12. The minimum Gasteiger partial charge on any atom is -0.355 e. The van der Waals surface area contributed by atoms with Crippen molar-refractivity contribution >= 4 is 84.8 Å². The van der Waals surface area contributed by atoms with Gasteiger partial charge in [0.2, 0.25) is 0 Å². The fraction of sp³-hybridized carbons (Fsp3) is 0. The van der Waals surface area contributed by atoms with Gasteiger partial charge in [-0.15, -0.1) is 22.7 Å². The molecule has 0 aliphatic carbocycles. The lowest BCUT2D eigenvalue weighted by Crippen LogP contribution is -1.84. The Labute approximate surface area is 372 Å². The first-order valence-electron chi connectivity index (χ1n) is 21.5. The topological polar surface area (TPSA) is 15.8 Å². The van der Waals surface area contributed by atoms with Gasteiger partial charge in [-0.3, -0.25) is 0 Å². The second-order valence-electron chi connectivity index (χ2n) is 16.5. The maximum Gasteiger partial charge on any atom is 0.0465 e. The molecule has 0 radical (unpaired) electrons. The van der Waals surface area contributed by atoms with Crippen LogP contribution in [0.1, 0.15) is 0 Å². The molecule has 0 unspecified atom stereocenters. The molecule has 0 saturated carbocycles. The van der Waals surface area contributed by atoms with Gasteiger partial charge in [-0.05, 0) is 128 Å². The highest BCUT2D eigenvalue weighted by Gasteiger charge is 2.19. The fourth-order valence-corrected chi connectivity index (χ4v) is 12.0. The van der Waals surface area contributed by atoms with Crippen LogP contribution in [0.4, 0.5) is 0 Å². The smallest absolute Gasteiger partial charge is 0.0465 e. The number of thiophene rings is 2. The number of fused-ring (bicyclic) bond motifs is 9. The number of nitrogens with one attached hydrogen (secondary N) is 1. The van der Waals surface area contributed by atoms with E-state index in [-0.39, 0.29) is 0 Å². The molecule has 1 N–H and O–H groups in total. The normalized spacial score (nSPS) is 11.8. The number of benzene rings is 10. The Bertz CT molecular complexity index is 3620. The van der Waals surface area contributed by atoms with Gasteiger partial charge in [-0.2, -0.15) is 0 Å². The van der Waals surface area contributed by atoms with E-state index in [1.807, 2.05) is 22.7 Å². The van der Waals surface area contributed by atoms with Crippen LogP contribution in [-0.2, 0) is 0 Å². The SMILES string of the molecule is c1ccc(-c2ccc3sc4c(-c5ccc6[nH]c7ccc(-c8cc(-c9ccccc9)cc9c8sc8ccc(-c%10ccccc%10)cc89)cc7c6c5)cc(-c5ccccc5)cc4c3c2)cc1. The summed E-state index contributed by atoms with van der Waals surface area (Å²) in [6, 6.07) is 80.6. The molecule has 3 heteroatoms. The van der Waals surface area contributed by atoms with Crippen LogP contribution in [0.5, 0.6) is 0 Å². The van der Waals surface area contributed by atoms with E-state index in [9.17, 15) is 0 Å². The van der Waals surface area contributed by atoms with Gasteiger partial charge < -0.3 is 4.98 Å². The van der Waals surface area contributed by atoms with Gasteiger partial charge >= 0.3 is 0 Å². The zero-order valence-corrected chi connectivity index (χ0v) is 35.7. The van der Waals surface area contributed by atoms with Gasteiger partial charge in [-0.25, -0.2) is 0 Å². The van der Waals surface area contributed by atoms with Crippen molar-refractivity contribution in [3.05, 3.63) is 218 Å². The van der Waals surface area contributed by atoms with Crippen LogP contribution in [0.25, 0.3) is 129 Å². The maximum absolute atomic E-state index is 3.78. The summed E-state index contributed by atoms with van der Waals surface area (Å²) in [6.45, 7) is 0. The summed E-state index contributed by atoms with van der Waals surface area (Å²) < 4.78 is 5.23. The van der Waals surface area contributed by atoms with Gasteiger partial charge in [0.25, 0.3) is 0 Å². The van der Waals surface area contributed by atoms with Crippen LogP contribution >= 0.6 is 22.7 Å². The molecular weight excluding hydrogens is 799 g/mol. The molecule has 0 spiro atoms. The first kappa shape index (κ1) is 36.1. The number of H-pyrrole nitrogens is 1. The lowest BCUT2D eigenvalue weighted by Gasteiger charge is -2.10. The third-order valence-corrected chi connectivity index (χ3v) is 15.2. The largest absolute Gasteiger partial charge is 0.355 e. The summed E-state index contributed by atoms with van der Waals surface area (Å²) in [6.07, 6.45) is 0. The van der Waals surface area contributed by atoms with E-state index in [0.29, 0.717) is 0 Å². The highest BCUT2D eigenvalue weighted by molar-refractivity contribution is 7.26. The molecule has 13 rings (SSSR count).